The van der Waals surface area contributed by atoms with Crippen molar-refractivity contribution in [2.45, 2.75) is 32.1 Å². The summed E-state index contributed by atoms with van der Waals surface area (Å²) in [5, 5.41) is 13.3. The number of benzene rings is 2. The second-order valence-electron chi connectivity index (χ2n) is 6.51. The zero-order valence-corrected chi connectivity index (χ0v) is 17.9. The molecule has 2 heterocycles. The van der Waals surface area contributed by atoms with Crippen LogP contribution in [0, 0.1) is 6.92 Å². The second-order valence-corrected chi connectivity index (χ2v) is 8.56. The van der Waals surface area contributed by atoms with E-state index < -0.39 is 0 Å². The first-order valence-corrected chi connectivity index (χ1v) is 11.2. The van der Waals surface area contributed by atoms with Crippen molar-refractivity contribution in [2.75, 3.05) is 5.75 Å². The van der Waals surface area contributed by atoms with Crippen molar-refractivity contribution in [1.82, 2.24) is 25.1 Å². The van der Waals surface area contributed by atoms with Crippen LogP contribution in [0.4, 0.5) is 0 Å². The number of para-hydroxylation sites is 1. The van der Waals surface area contributed by atoms with Crippen molar-refractivity contribution in [3.63, 3.8) is 0 Å². The zero-order valence-electron chi connectivity index (χ0n) is 16.3. The first kappa shape index (κ1) is 19.6. The average Bonchev–Trinajstić information content (AvgIpc) is 3.34. The number of aromatic nitrogens is 4. The minimum atomic E-state index is -0.0441. The molecule has 0 saturated carbocycles. The van der Waals surface area contributed by atoms with Gasteiger partial charge in [-0.1, -0.05) is 48.2 Å². The largest absolute Gasteiger partial charge is 0.349 e. The fraction of sp³-hybridized carbons (Fsp3) is 0.238. The summed E-state index contributed by atoms with van der Waals surface area (Å²) in [6, 6.07) is 16.1. The molecule has 2 aromatic carbocycles. The quantitative estimate of drug-likeness (QED) is 0.449. The first-order chi connectivity index (χ1) is 14.2. The molecule has 0 atom stereocenters. The van der Waals surface area contributed by atoms with Gasteiger partial charge in [-0.25, -0.2) is 4.98 Å². The van der Waals surface area contributed by atoms with E-state index in [4.69, 9.17) is 0 Å². The maximum atomic E-state index is 12.3. The topological polar surface area (TPSA) is 72.7 Å². The number of fused-ring (bicyclic) bond motifs is 1. The molecule has 148 valence electrons. The summed E-state index contributed by atoms with van der Waals surface area (Å²) in [7, 11) is 0. The minimum Gasteiger partial charge on any atom is -0.349 e. The predicted molar refractivity (Wildman–Crippen MR) is 118 cm³/mol. The van der Waals surface area contributed by atoms with Crippen LogP contribution >= 0.6 is 23.1 Å². The van der Waals surface area contributed by atoms with Gasteiger partial charge in [0.1, 0.15) is 5.01 Å². The Balaban J connectivity index is 1.38. The van der Waals surface area contributed by atoms with E-state index in [0.29, 0.717) is 6.54 Å². The normalized spacial score (nSPS) is 11.1. The molecule has 0 unspecified atom stereocenters. The van der Waals surface area contributed by atoms with Crippen molar-refractivity contribution in [1.29, 1.82) is 0 Å². The van der Waals surface area contributed by atoms with Gasteiger partial charge in [0.05, 0.1) is 22.5 Å². The molecular formula is C21H21N5OS2. The van der Waals surface area contributed by atoms with Crippen LogP contribution in [0.25, 0.3) is 21.6 Å². The number of rotatable bonds is 7. The van der Waals surface area contributed by atoms with Crippen LogP contribution < -0.4 is 5.32 Å². The van der Waals surface area contributed by atoms with Crippen LogP contribution in [-0.2, 0) is 17.9 Å². The van der Waals surface area contributed by atoms with E-state index in [-0.39, 0.29) is 11.7 Å². The highest BCUT2D eigenvalue weighted by atomic mass is 32.2. The number of aryl methyl sites for hydroxylation is 1. The van der Waals surface area contributed by atoms with E-state index in [1.165, 1.54) is 11.8 Å². The van der Waals surface area contributed by atoms with Crippen molar-refractivity contribution in [3.8, 4) is 11.4 Å². The first-order valence-electron chi connectivity index (χ1n) is 9.39. The summed E-state index contributed by atoms with van der Waals surface area (Å²) in [6.45, 7) is 5.30. The Morgan fingerprint density at radius 3 is 2.72 bits per heavy atom. The van der Waals surface area contributed by atoms with Crippen molar-refractivity contribution in [2.24, 2.45) is 0 Å². The molecule has 6 nitrogen and oxygen atoms in total. The maximum absolute atomic E-state index is 12.3. The lowest BCUT2D eigenvalue weighted by Crippen LogP contribution is -2.24. The summed E-state index contributed by atoms with van der Waals surface area (Å²) in [6.07, 6.45) is 0. The number of amides is 1. The molecule has 0 spiro atoms. The predicted octanol–water partition coefficient (Wildman–Crippen LogP) is 4.29. The van der Waals surface area contributed by atoms with Gasteiger partial charge in [-0.15, -0.1) is 21.5 Å². The van der Waals surface area contributed by atoms with Gasteiger partial charge >= 0.3 is 0 Å². The van der Waals surface area contributed by atoms with Gasteiger partial charge in [0, 0.05) is 12.1 Å². The molecule has 0 aliphatic rings. The number of hydrogen-bond donors (Lipinski definition) is 1. The summed E-state index contributed by atoms with van der Waals surface area (Å²) < 4.78 is 3.18. The van der Waals surface area contributed by atoms with Gasteiger partial charge in [-0.2, -0.15) is 0 Å². The van der Waals surface area contributed by atoms with Gasteiger partial charge < -0.3 is 9.88 Å². The lowest BCUT2D eigenvalue weighted by Gasteiger charge is -2.09. The number of nitrogens with zero attached hydrogens (tertiary/aromatic N) is 4. The van der Waals surface area contributed by atoms with Gasteiger partial charge in [-0.05, 0) is 31.5 Å². The van der Waals surface area contributed by atoms with Gasteiger partial charge in [0.2, 0.25) is 5.91 Å². The van der Waals surface area contributed by atoms with E-state index in [9.17, 15) is 4.79 Å². The average molecular weight is 424 g/mol. The van der Waals surface area contributed by atoms with E-state index in [1.807, 2.05) is 47.0 Å². The number of carbonyl (C=O) groups excluding carboxylic acids is 1. The van der Waals surface area contributed by atoms with Crippen molar-refractivity contribution >= 4 is 39.2 Å². The highest BCUT2D eigenvalue weighted by Gasteiger charge is 2.16. The lowest BCUT2D eigenvalue weighted by molar-refractivity contribution is -0.118. The van der Waals surface area contributed by atoms with Crippen LogP contribution in [0.5, 0.6) is 0 Å². The van der Waals surface area contributed by atoms with Gasteiger partial charge in [-0.3, -0.25) is 4.79 Å². The molecule has 0 aliphatic carbocycles. The zero-order chi connectivity index (χ0) is 20.2. The molecule has 4 rings (SSSR count). The summed E-state index contributed by atoms with van der Waals surface area (Å²) in [5.41, 5.74) is 3.18. The third kappa shape index (κ3) is 4.33. The smallest absolute Gasteiger partial charge is 0.230 e. The third-order valence-corrected chi connectivity index (χ3v) is 6.53. The van der Waals surface area contributed by atoms with Gasteiger partial charge in [0.15, 0.2) is 11.0 Å². The number of carbonyl (C=O) groups is 1. The number of thioether (sulfide) groups is 1. The molecule has 1 amide bonds. The van der Waals surface area contributed by atoms with Crippen LogP contribution in [-0.4, -0.2) is 31.4 Å². The van der Waals surface area contributed by atoms with Crippen molar-refractivity contribution in [3.05, 3.63) is 59.1 Å². The Morgan fingerprint density at radius 1 is 1.14 bits per heavy atom. The molecule has 0 fully saturated rings. The third-order valence-electron chi connectivity index (χ3n) is 4.53. The van der Waals surface area contributed by atoms with E-state index in [2.05, 4.69) is 40.4 Å². The van der Waals surface area contributed by atoms with E-state index in [0.717, 1.165) is 43.9 Å². The Morgan fingerprint density at radius 2 is 1.93 bits per heavy atom. The molecule has 29 heavy (non-hydrogen) atoms. The van der Waals surface area contributed by atoms with E-state index >= 15 is 0 Å². The summed E-state index contributed by atoms with van der Waals surface area (Å²) in [5.74, 6) is 1.08. The van der Waals surface area contributed by atoms with Gasteiger partial charge in [0.25, 0.3) is 0 Å². The Hall–Kier alpha value is -2.71. The Bertz CT molecular complexity index is 1120. The molecule has 2 aromatic heterocycles. The number of thiazole rings is 1. The highest BCUT2D eigenvalue weighted by molar-refractivity contribution is 7.99. The Kier molecular flexibility index (Phi) is 5.92. The highest BCUT2D eigenvalue weighted by Crippen LogP contribution is 2.26. The van der Waals surface area contributed by atoms with Crippen LogP contribution in [0.2, 0.25) is 0 Å². The van der Waals surface area contributed by atoms with Crippen LogP contribution in [0.3, 0.4) is 0 Å². The van der Waals surface area contributed by atoms with Crippen LogP contribution in [0.15, 0.2) is 53.7 Å². The molecule has 0 radical (unpaired) electrons. The molecule has 0 aliphatic heterocycles. The number of hydrogen-bond acceptors (Lipinski definition) is 6. The fourth-order valence-corrected chi connectivity index (χ4v) is 4.79. The standard InChI is InChI=1S/C21H21N5OS2/c1-3-26-20(15-9-5-4-8-14(15)2)24-25-21(26)28-13-18(27)22-12-19-23-16-10-6-7-11-17(16)29-19/h4-11H,3,12-13H2,1-2H3,(H,22,27). The minimum absolute atomic E-state index is 0.0441. The number of nitrogens with one attached hydrogen (secondary N) is 1. The Labute approximate surface area is 177 Å². The molecule has 8 heteroatoms. The van der Waals surface area contributed by atoms with Crippen molar-refractivity contribution < 1.29 is 4.79 Å². The SMILES string of the molecule is CCn1c(SCC(=O)NCc2nc3ccccc3s2)nnc1-c1ccccc1C. The lowest BCUT2D eigenvalue weighted by atomic mass is 10.1. The molecule has 1 N–H and O–H groups in total. The summed E-state index contributed by atoms with van der Waals surface area (Å²) in [4.78, 5) is 16.9. The second kappa shape index (κ2) is 8.75. The monoisotopic (exact) mass is 423 g/mol. The molecule has 4 aromatic rings. The molecule has 0 saturated heterocycles. The maximum Gasteiger partial charge on any atom is 0.230 e. The fourth-order valence-electron chi connectivity index (χ4n) is 3.05. The molecular weight excluding hydrogens is 402 g/mol. The summed E-state index contributed by atoms with van der Waals surface area (Å²) >= 11 is 3.00. The van der Waals surface area contributed by atoms with Crippen LogP contribution in [0.1, 0.15) is 17.5 Å². The van der Waals surface area contributed by atoms with E-state index in [1.54, 1.807) is 11.3 Å². The molecule has 0 bridgehead atoms.